The molecule has 1 unspecified atom stereocenters. The number of benzene rings is 1. The number of thioether (sulfide) groups is 1. The standard InChI is InChI=1S/C17H22N2OS/c1-4-18-15(12-21-17-7-5-6-10-19-17)14-11-13(2)8-9-16(14)20-3/h5-11,15,18H,4,12H2,1-3H3. The number of hydrogen-bond acceptors (Lipinski definition) is 4. The summed E-state index contributed by atoms with van der Waals surface area (Å²) in [6, 6.07) is 12.6. The van der Waals surface area contributed by atoms with Crippen molar-refractivity contribution in [2.24, 2.45) is 0 Å². The normalized spacial score (nSPS) is 12.1. The second kappa shape index (κ2) is 8.05. The number of hydrogen-bond donors (Lipinski definition) is 1. The lowest BCUT2D eigenvalue weighted by molar-refractivity contribution is 0.403. The first-order valence-corrected chi connectivity index (χ1v) is 8.15. The lowest BCUT2D eigenvalue weighted by Gasteiger charge is -2.21. The molecule has 0 aliphatic heterocycles. The van der Waals surface area contributed by atoms with Crippen LogP contribution in [0, 0.1) is 6.92 Å². The van der Waals surface area contributed by atoms with Crippen LogP contribution >= 0.6 is 11.8 Å². The molecular weight excluding hydrogens is 280 g/mol. The van der Waals surface area contributed by atoms with Gasteiger partial charge in [0.15, 0.2) is 0 Å². The van der Waals surface area contributed by atoms with Crippen molar-refractivity contribution in [2.75, 3.05) is 19.4 Å². The molecule has 1 heterocycles. The first-order chi connectivity index (χ1) is 10.2. The van der Waals surface area contributed by atoms with Gasteiger partial charge >= 0.3 is 0 Å². The van der Waals surface area contributed by atoms with Crippen LogP contribution in [0.4, 0.5) is 0 Å². The maximum atomic E-state index is 5.51. The first-order valence-electron chi connectivity index (χ1n) is 7.16. The van der Waals surface area contributed by atoms with Gasteiger partial charge in [-0.15, -0.1) is 11.8 Å². The van der Waals surface area contributed by atoms with Gasteiger partial charge in [0.25, 0.3) is 0 Å². The molecule has 0 bridgehead atoms. The SMILES string of the molecule is CCNC(CSc1ccccn1)c1cc(C)ccc1OC. The van der Waals surface area contributed by atoms with E-state index < -0.39 is 0 Å². The zero-order chi connectivity index (χ0) is 15.1. The summed E-state index contributed by atoms with van der Waals surface area (Å²) in [6.07, 6.45) is 1.83. The third-order valence-electron chi connectivity index (χ3n) is 3.25. The molecule has 21 heavy (non-hydrogen) atoms. The minimum absolute atomic E-state index is 0.247. The van der Waals surface area contributed by atoms with Crippen LogP contribution in [-0.4, -0.2) is 24.4 Å². The van der Waals surface area contributed by atoms with Gasteiger partial charge in [-0.05, 0) is 31.7 Å². The molecule has 0 saturated heterocycles. The lowest BCUT2D eigenvalue weighted by Crippen LogP contribution is -2.23. The van der Waals surface area contributed by atoms with Gasteiger partial charge in [0, 0.05) is 23.6 Å². The minimum atomic E-state index is 0.247. The van der Waals surface area contributed by atoms with Crippen molar-refractivity contribution in [2.45, 2.75) is 24.9 Å². The smallest absolute Gasteiger partial charge is 0.123 e. The zero-order valence-electron chi connectivity index (χ0n) is 12.8. The summed E-state index contributed by atoms with van der Waals surface area (Å²) in [6.45, 7) is 5.16. The van der Waals surface area contributed by atoms with Crippen LogP contribution in [0.5, 0.6) is 5.75 Å². The van der Waals surface area contributed by atoms with Gasteiger partial charge in [0.05, 0.1) is 12.1 Å². The van der Waals surface area contributed by atoms with E-state index in [1.807, 2.05) is 30.5 Å². The first kappa shape index (κ1) is 15.9. The van der Waals surface area contributed by atoms with Gasteiger partial charge in [-0.3, -0.25) is 0 Å². The van der Waals surface area contributed by atoms with Crippen LogP contribution in [0.1, 0.15) is 24.1 Å². The highest BCUT2D eigenvalue weighted by molar-refractivity contribution is 7.99. The van der Waals surface area contributed by atoms with Crippen LogP contribution in [0.15, 0.2) is 47.6 Å². The monoisotopic (exact) mass is 302 g/mol. The molecule has 2 rings (SSSR count). The van der Waals surface area contributed by atoms with Crippen molar-refractivity contribution >= 4 is 11.8 Å². The molecule has 0 amide bonds. The third-order valence-corrected chi connectivity index (χ3v) is 4.28. The van der Waals surface area contributed by atoms with E-state index in [-0.39, 0.29) is 6.04 Å². The van der Waals surface area contributed by atoms with Gasteiger partial charge in [-0.25, -0.2) is 4.98 Å². The van der Waals surface area contributed by atoms with E-state index in [4.69, 9.17) is 4.74 Å². The fraction of sp³-hybridized carbons (Fsp3) is 0.353. The lowest BCUT2D eigenvalue weighted by atomic mass is 10.0. The van der Waals surface area contributed by atoms with E-state index in [0.717, 1.165) is 23.1 Å². The number of rotatable bonds is 7. The second-order valence-electron chi connectivity index (χ2n) is 4.83. The summed E-state index contributed by atoms with van der Waals surface area (Å²) >= 11 is 1.76. The van der Waals surface area contributed by atoms with Crippen molar-refractivity contribution in [3.63, 3.8) is 0 Å². The van der Waals surface area contributed by atoms with Crippen LogP contribution in [0.2, 0.25) is 0 Å². The van der Waals surface area contributed by atoms with Crippen molar-refractivity contribution in [3.8, 4) is 5.75 Å². The maximum absolute atomic E-state index is 5.51. The Balaban J connectivity index is 2.16. The average molecular weight is 302 g/mol. The molecule has 0 spiro atoms. The molecule has 0 fully saturated rings. The van der Waals surface area contributed by atoms with E-state index in [1.54, 1.807) is 18.9 Å². The number of nitrogens with zero attached hydrogens (tertiary/aromatic N) is 1. The summed E-state index contributed by atoms with van der Waals surface area (Å²) in [7, 11) is 1.73. The predicted molar refractivity (Wildman–Crippen MR) is 89.1 cm³/mol. The number of nitrogens with one attached hydrogen (secondary N) is 1. The molecule has 1 aromatic heterocycles. The maximum Gasteiger partial charge on any atom is 0.123 e. The quantitative estimate of drug-likeness (QED) is 0.788. The molecule has 0 aliphatic carbocycles. The molecular formula is C17H22N2OS. The summed E-state index contributed by atoms with van der Waals surface area (Å²) in [4.78, 5) is 4.37. The minimum Gasteiger partial charge on any atom is -0.496 e. The molecule has 4 heteroatoms. The fourth-order valence-corrected chi connectivity index (χ4v) is 3.18. The van der Waals surface area contributed by atoms with E-state index >= 15 is 0 Å². The van der Waals surface area contributed by atoms with E-state index in [9.17, 15) is 0 Å². The molecule has 1 N–H and O–H groups in total. The highest BCUT2D eigenvalue weighted by Crippen LogP contribution is 2.30. The molecule has 1 atom stereocenters. The number of methoxy groups -OCH3 is 1. The predicted octanol–water partition coefficient (Wildman–Crippen LogP) is 3.84. The molecule has 0 aliphatic rings. The van der Waals surface area contributed by atoms with Crippen LogP contribution in [0.3, 0.4) is 0 Å². The Labute approximate surface area is 131 Å². The third kappa shape index (κ3) is 4.48. The molecule has 0 radical (unpaired) electrons. The summed E-state index contributed by atoms with van der Waals surface area (Å²) < 4.78 is 5.51. The Bertz CT molecular complexity index is 560. The zero-order valence-corrected chi connectivity index (χ0v) is 13.6. The molecule has 112 valence electrons. The number of ether oxygens (including phenoxy) is 1. The largest absolute Gasteiger partial charge is 0.496 e. The Morgan fingerprint density at radius 3 is 2.81 bits per heavy atom. The average Bonchev–Trinajstić information content (AvgIpc) is 2.52. The molecule has 2 aromatic rings. The molecule has 1 aromatic carbocycles. The number of aromatic nitrogens is 1. The van der Waals surface area contributed by atoms with Crippen molar-refractivity contribution in [1.82, 2.24) is 10.3 Å². The number of pyridine rings is 1. The second-order valence-corrected chi connectivity index (χ2v) is 5.87. The summed E-state index contributed by atoms with van der Waals surface area (Å²) in [5.41, 5.74) is 2.46. The van der Waals surface area contributed by atoms with Gasteiger partial charge in [-0.1, -0.05) is 30.7 Å². The van der Waals surface area contributed by atoms with Crippen LogP contribution in [-0.2, 0) is 0 Å². The molecule has 0 saturated carbocycles. The Kier molecular flexibility index (Phi) is 6.08. The molecule has 3 nitrogen and oxygen atoms in total. The van der Waals surface area contributed by atoms with E-state index in [0.29, 0.717) is 0 Å². The van der Waals surface area contributed by atoms with Crippen molar-refractivity contribution in [3.05, 3.63) is 53.7 Å². The van der Waals surface area contributed by atoms with Gasteiger partial charge < -0.3 is 10.1 Å². The van der Waals surface area contributed by atoms with Crippen LogP contribution in [0.25, 0.3) is 0 Å². The highest BCUT2D eigenvalue weighted by atomic mass is 32.2. The fourth-order valence-electron chi connectivity index (χ4n) is 2.23. The van der Waals surface area contributed by atoms with Gasteiger partial charge in [-0.2, -0.15) is 0 Å². The van der Waals surface area contributed by atoms with Crippen molar-refractivity contribution < 1.29 is 4.74 Å². The van der Waals surface area contributed by atoms with Gasteiger partial charge in [0.2, 0.25) is 0 Å². The van der Waals surface area contributed by atoms with E-state index in [2.05, 4.69) is 36.3 Å². The van der Waals surface area contributed by atoms with Gasteiger partial charge in [0.1, 0.15) is 5.75 Å². The Hall–Kier alpha value is -1.52. The van der Waals surface area contributed by atoms with Crippen LogP contribution < -0.4 is 10.1 Å². The Morgan fingerprint density at radius 2 is 2.14 bits per heavy atom. The highest BCUT2D eigenvalue weighted by Gasteiger charge is 2.16. The Morgan fingerprint density at radius 1 is 1.29 bits per heavy atom. The summed E-state index contributed by atoms with van der Waals surface area (Å²) in [5, 5.41) is 4.59. The van der Waals surface area contributed by atoms with Crippen molar-refractivity contribution in [1.29, 1.82) is 0 Å². The summed E-state index contributed by atoms with van der Waals surface area (Å²) in [5.74, 6) is 1.86. The number of aryl methyl sites for hydroxylation is 1. The topological polar surface area (TPSA) is 34.2 Å². The van der Waals surface area contributed by atoms with E-state index in [1.165, 1.54) is 11.1 Å².